The largest absolute Gasteiger partial charge is 0.265 e. The Bertz CT molecular complexity index is 1090. The molecule has 6 nitrogen and oxygen atoms in total. The second-order valence-corrected chi connectivity index (χ2v) is 8.13. The van der Waals surface area contributed by atoms with Gasteiger partial charge in [-0.15, -0.1) is 0 Å². The van der Waals surface area contributed by atoms with Gasteiger partial charge in [-0.1, -0.05) is 24.3 Å². The summed E-state index contributed by atoms with van der Waals surface area (Å²) >= 11 is 0. The van der Waals surface area contributed by atoms with Crippen LogP contribution in [-0.4, -0.2) is 18.2 Å². The van der Waals surface area contributed by atoms with Crippen molar-refractivity contribution in [1.29, 1.82) is 5.26 Å². The minimum absolute atomic E-state index is 0.139. The van der Waals surface area contributed by atoms with Crippen molar-refractivity contribution in [2.24, 2.45) is 0 Å². The molecule has 7 heteroatoms. The van der Waals surface area contributed by atoms with Gasteiger partial charge in [0.15, 0.2) is 0 Å². The van der Waals surface area contributed by atoms with E-state index in [1.54, 1.807) is 0 Å². The summed E-state index contributed by atoms with van der Waals surface area (Å²) in [6.45, 7) is 4.79. The molecule has 138 valence electrons. The van der Waals surface area contributed by atoms with Crippen LogP contribution < -0.4 is 4.72 Å². The first-order valence-corrected chi connectivity index (χ1v) is 9.94. The smallest absolute Gasteiger partial charge is 0.240 e. The van der Waals surface area contributed by atoms with Gasteiger partial charge in [-0.2, -0.15) is 10.4 Å². The quantitative estimate of drug-likeness (QED) is 0.712. The number of sulfonamides is 1. The van der Waals surface area contributed by atoms with Crippen LogP contribution in [0.1, 0.15) is 28.1 Å². The van der Waals surface area contributed by atoms with Crippen molar-refractivity contribution >= 4 is 10.0 Å². The number of rotatable bonds is 6. The summed E-state index contributed by atoms with van der Waals surface area (Å²) in [6, 6.07) is 17.6. The van der Waals surface area contributed by atoms with E-state index in [1.165, 1.54) is 24.3 Å². The Morgan fingerprint density at radius 2 is 1.78 bits per heavy atom. The molecule has 0 amide bonds. The van der Waals surface area contributed by atoms with Gasteiger partial charge in [-0.05, 0) is 55.3 Å². The molecule has 0 fully saturated rings. The summed E-state index contributed by atoms with van der Waals surface area (Å²) in [5.41, 5.74) is 4.39. The molecule has 0 aliphatic heterocycles. The fraction of sp³-hybridized carbons (Fsp3) is 0.200. The molecule has 0 aliphatic carbocycles. The third-order valence-electron chi connectivity index (χ3n) is 4.19. The number of nitrogens with zero attached hydrogens (tertiary/aromatic N) is 3. The van der Waals surface area contributed by atoms with Crippen molar-refractivity contribution in [3.63, 3.8) is 0 Å². The van der Waals surface area contributed by atoms with Crippen LogP contribution in [0, 0.1) is 25.2 Å². The predicted octanol–water partition coefficient (Wildman–Crippen LogP) is 2.90. The van der Waals surface area contributed by atoms with Crippen molar-refractivity contribution in [2.45, 2.75) is 31.8 Å². The lowest BCUT2D eigenvalue weighted by Gasteiger charge is -2.09. The van der Waals surface area contributed by atoms with Crippen molar-refractivity contribution < 1.29 is 8.42 Å². The molecule has 27 heavy (non-hydrogen) atoms. The summed E-state index contributed by atoms with van der Waals surface area (Å²) in [7, 11) is -3.64. The van der Waals surface area contributed by atoms with E-state index in [9.17, 15) is 8.42 Å². The zero-order valence-electron chi connectivity index (χ0n) is 15.2. The molecule has 1 N–H and O–H groups in total. The first kappa shape index (κ1) is 18.8. The van der Waals surface area contributed by atoms with E-state index < -0.39 is 10.0 Å². The highest BCUT2D eigenvalue weighted by Gasteiger charge is 2.13. The van der Waals surface area contributed by atoms with Gasteiger partial charge in [0.05, 0.1) is 28.8 Å². The number of hydrogen-bond donors (Lipinski definition) is 1. The maximum absolute atomic E-state index is 12.4. The Hall–Kier alpha value is -2.95. The highest BCUT2D eigenvalue weighted by atomic mass is 32.2. The Kier molecular flexibility index (Phi) is 5.40. The lowest BCUT2D eigenvalue weighted by molar-refractivity contribution is 0.581. The van der Waals surface area contributed by atoms with Crippen molar-refractivity contribution in [3.05, 3.63) is 82.7 Å². The topological polar surface area (TPSA) is 87.8 Å². The number of aromatic nitrogens is 2. The SMILES string of the molecule is Cc1cc(C)n(Cc2cccc(CNS(=O)(=O)c3ccc(C#N)cc3)c2)n1. The van der Waals surface area contributed by atoms with Gasteiger partial charge >= 0.3 is 0 Å². The standard InChI is InChI=1S/C20H20N4O2S/c1-15-10-16(2)24(23-15)14-19-5-3-4-18(11-19)13-22-27(25,26)20-8-6-17(12-21)7-9-20/h3-11,22H,13-14H2,1-2H3. The second-order valence-electron chi connectivity index (χ2n) is 6.37. The Balaban J connectivity index is 1.70. The van der Waals surface area contributed by atoms with Crippen molar-refractivity contribution in [3.8, 4) is 6.07 Å². The van der Waals surface area contributed by atoms with Crippen LogP contribution in [0.2, 0.25) is 0 Å². The van der Waals surface area contributed by atoms with Gasteiger partial charge < -0.3 is 0 Å². The maximum Gasteiger partial charge on any atom is 0.240 e. The van der Waals surface area contributed by atoms with Gasteiger partial charge in [0.25, 0.3) is 0 Å². The lowest BCUT2D eigenvalue weighted by Crippen LogP contribution is -2.23. The molecule has 0 atom stereocenters. The normalized spacial score (nSPS) is 11.3. The van der Waals surface area contributed by atoms with E-state index in [2.05, 4.69) is 9.82 Å². The molecule has 0 aliphatic rings. The highest BCUT2D eigenvalue weighted by molar-refractivity contribution is 7.89. The molecule has 0 bridgehead atoms. The summed E-state index contributed by atoms with van der Waals surface area (Å²) in [4.78, 5) is 0.139. The van der Waals surface area contributed by atoms with E-state index in [4.69, 9.17) is 5.26 Å². The van der Waals surface area contributed by atoms with Crippen LogP contribution in [0.3, 0.4) is 0 Å². The zero-order valence-corrected chi connectivity index (χ0v) is 16.0. The number of benzene rings is 2. The molecule has 0 saturated heterocycles. The molecule has 0 unspecified atom stereocenters. The third kappa shape index (κ3) is 4.61. The summed E-state index contributed by atoms with van der Waals surface area (Å²) < 4.78 is 29.4. The first-order chi connectivity index (χ1) is 12.9. The average Bonchev–Trinajstić information content (AvgIpc) is 2.97. The van der Waals surface area contributed by atoms with Gasteiger partial charge in [-0.25, -0.2) is 13.1 Å². The van der Waals surface area contributed by atoms with Gasteiger partial charge in [-0.3, -0.25) is 4.68 Å². The van der Waals surface area contributed by atoms with Crippen LogP contribution in [-0.2, 0) is 23.1 Å². The lowest BCUT2D eigenvalue weighted by atomic mass is 10.1. The molecular formula is C20H20N4O2S. The second kappa shape index (κ2) is 7.74. The average molecular weight is 380 g/mol. The minimum atomic E-state index is -3.64. The monoisotopic (exact) mass is 380 g/mol. The van der Waals surface area contributed by atoms with E-state index in [1.807, 2.05) is 54.9 Å². The minimum Gasteiger partial charge on any atom is -0.265 e. The Labute approximate surface area is 159 Å². The Morgan fingerprint density at radius 1 is 1.07 bits per heavy atom. The molecule has 0 radical (unpaired) electrons. The third-order valence-corrected chi connectivity index (χ3v) is 5.60. The Morgan fingerprint density at radius 3 is 2.41 bits per heavy atom. The molecule has 1 heterocycles. The van der Waals surface area contributed by atoms with Gasteiger partial charge in [0.2, 0.25) is 10.0 Å². The fourth-order valence-corrected chi connectivity index (χ4v) is 3.83. The maximum atomic E-state index is 12.4. The van der Waals surface area contributed by atoms with Gasteiger partial charge in [0, 0.05) is 12.2 Å². The van der Waals surface area contributed by atoms with Crippen LogP contribution in [0.25, 0.3) is 0 Å². The van der Waals surface area contributed by atoms with Crippen LogP contribution in [0.4, 0.5) is 0 Å². The number of nitrogens with one attached hydrogen (secondary N) is 1. The number of hydrogen-bond acceptors (Lipinski definition) is 4. The fourth-order valence-electron chi connectivity index (χ4n) is 2.82. The van der Waals surface area contributed by atoms with E-state index in [0.717, 1.165) is 22.5 Å². The van der Waals surface area contributed by atoms with Crippen LogP contribution in [0.5, 0.6) is 0 Å². The van der Waals surface area contributed by atoms with E-state index in [0.29, 0.717) is 12.1 Å². The van der Waals surface area contributed by atoms with Gasteiger partial charge in [0.1, 0.15) is 0 Å². The van der Waals surface area contributed by atoms with E-state index >= 15 is 0 Å². The molecule has 3 aromatic rings. The summed E-state index contributed by atoms with van der Waals surface area (Å²) in [6.07, 6.45) is 0. The van der Waals surface area contributed by atoms with Crippen LogP contribution in [0.15, 0.2) is 59.5 Å². The zero-order chi connectivity index (χ0) is 19.4. The molecule has 3 rings (SSSR count). The van der Waals surface area contributed by atoms with E-state index in [-0.39, 0.29) is 11.4 Å². The van der Waals surface area contributed by atoms with Crippen molar-refractivity contribution in [1.82, 2.24) is 14.5 Å². The molecular weight excluding hydrogens is 360 g/mol. The predicted molar refractivity (Wildman–Crippen MR) is 102 cm³/mol. The number of nitriles is 1. The summed E-state index contributed by atoms with van der Waals surface area (Å²) in [5, 5.41) is 13.3. The van der Waals surface area contributed by atoms with Crippen LogP contribution >= 0.6 is 0 Å². The first-order valence-electron chi connectivity index (χ1n) is 8.46. The molecule has 2 aromatic carbocycles. The number of aryl methyl sites for hydroxylation is 2. The summed E-state index contributed by atoms with van der Waals surface area (Å²) in [5.74, 6) is 0. The molecule has 0 spiro atoms. The highest BCUT2D eigenvalue weighted by Crippen LogP contribution is 2.13. The molecule has 0 saturated carbocycles. The molecule has 1 aromatic heterocycles. The van der Waals surface area contributed by atoms with Crippen molar-refractivity contribution in [2.75, 3.05) is 0 Å².